The number of hydrogen-bond acceptors (Lipinski definition) is 6. The Morgan fingerprint density at radius 2 is 2.00 bits per heavy atom. The SMILES string of the molecule is Cc1nc(C(C)(C)NC(=O)[C@@H]2CC[C@H](C(=O)O)O2)no1. The molecule has 2 atom stereocenters. The second-order valence-electron chi connectivity index (χ2n) is 5.28. The van der Waals surface area contributed by atoms with Crippen molar-refractivity contribution in [3.8, 4) is 0 Å². The Kier molecular flexibility index (Phi) is 3.76. The molecule has 1 amide bonds. The number of aliphatic carboxylic acids is 1. The van der Waals surface area contributed by atoms with E-state index >= 15 is 0 Å². The summed E-state index contributed by atoms with van der Waals surface area (Å²) in [5.41, 5.74) is -0.820. The van der Waals surface area contributed by atoms with Gasteiger partial charge in [0, 0.05) is 6.92 Å². The molecule has 1 aliphatic heterocycles. The summed E-state index contributed by atoms with van der Waals surface area (Å²) in [5, 5.41) is 15.4. The lowest BCUT2D eigenvalue weighted by Gasteiger charge is -2.24. The Balaban J connectivity index is 1.99. The minimum Gasteiger partial charge on any atom is -0.479 e. The van der Waals surface area contributed by atoms with E-state index in [4.69, 9.17) is 14.4 Å². The van der Waals surface area contributed by atoms with E-state index in [0.29, 0.717) is 24.6 Å². The number of aromatic nitrogens is 2. The second kappa shape index (κ2) is 5.20. The molecule has 1 aliphatic rings. The monoisotopic (exact) mass is 283 g/mol. The highest BCUT2D eigenvalue weighted by Crippen LogP contribution is 2.22. The summed E-state index contributed by atoms with van der Waals surface area (Å²) >= 11 is 0. The van der Waals surface area contributed by atoms with Gasteiger partial charge >= 0.3 is 5.97 Å². The van der Waals surface area contributed by atoms with Crippen molar-refractivity contribution in [1.29, 1.82) is 0 Å². The van der Waals surface area contributed by atoms with Gasteiger partial charge in [0.05, 0.1) is 5.54 Å². The number of carbonyl (C=O) groups excluding carboxylic acids is 1. The van der Waals surface area contributed by atoms with Crippen LogP contribution in [0.15, 0.2) is 4.52 Å². The van der Waals surface area contributed by atoms with Crippen LogP contribution in [0, 0.1) is 6.92 Å². The maximum atomic E-state index is 12.1. The molecule has 0 aliphatic carbocycles. The zero-order valence-electron chi connectivity index (χ0n) is 11.5. The van der Waals surface area contributed by atoms with Crippen LogP contribution in [0.1, 0.15) is 38.4 Å². The van der Waals surface area contributed by atoms with Crippen molar-refractivity contribution >= 4 is 11.9 Å². The Morgan fingerprint density at radius 1 is 1.35 bits per heavy atom. The normalized spacial score (nSPS) is 22.8. The van der Waals surface area contributed by atoms with E-state index in [1.54, 1.807) is 20.8 Å². The van der Waals surface area contributed by atoms with Crippen molar-refractivity contribution < 1.29 is 24.0 Å². The smallest absolute Gasteiger partial charge is 0.332 e. The van der Waals surface area contributed by atoms with Crippen molar-refractivity contribution in [2.75, 3.05) is 0 Å². The van der Waals surface area contributed by atoms with Crippen molar-refractivity contribution in [3.63, 3.8) is 0 Å². The summed E-state index contributed by atoms with van der Waals surface area (Å²) in [7, 11) is 0. The molecule has 1 saturated heterocycles. The molecule has 8 heteroatoms. The number of nitrogens with one attached hydrogen (secondary N) is 1. The Hall–Kier alpha value is -1.96. The first-order valence-corrected chi connectivity index (χ1v) is 6.30. The van der Waals surface area contributed by atoms with Crippen LogP contribution in [-0.2, 0) is 19.9 Å². The summed E-state index contributed by atoms with van der Waals surface area (Å²) in [4.78, 5) is 27.0. The summed E-state index contributed by atoms with van der Waals surface area (Å²) < 4.78 is 10.1. The van der Waals surface area contributed by atoms with Gasteiger partial charge < -0.3 is 19.7 Å². The van der Waals surface area contributed by atoms with Gasteiger partial charge in [-0.15, -0.1) is 0 Å². The number of aryl methyl sites for hydroxylation is 1. The fraction of sp³-hybridized carbons (Fsp3) is 0.667. The minimum atomic E-state index is -1.05. The summed E-state index contributed by atoms with van der Waals surface area (Å²) in [5.74, 6) is -0.656. The van der Waals surface area contributed by atoms with Gasteiger partial charge in [0.2, 0.25) is 11.8 Å². The minimum absolute atomic E-state index is 0.329. The Labute approximate surface area is 115 Å². The molecule has 1 fully saturated rings. The van der Waals surface area contributed by atoms with E-state index in [9.17, 15) is 9.59 Å². The lowest BCUT2D eigenvalue weighted by Crippen LogP contribution is -2.46. The molecular formula is C12H17N3O5. The van der Waals surface area contributed by atoms with E-state index in [-0.39, 0.29) is 5.91 Å². The lowest BCUT2D eigenvalue weighted by atomic mass is 10.0. The topological polar surface area (TPSA) is 115 Å². The van der Waals surface area contributed by atoms with Gasteiger partial charge in [-0.2, -0.15) is 4.98 Å². The average molecular weight is 283 g/mol. The quantitative estimate of drug-likeness (QED) is 0.819. The Morgan fingerprint density at radius 3 is 2.50 bits per heavy atom. The van der Waals surface area contributed by atoms with Crippen LogP contribution in [-0.4, -0.2) is 39.3 Å². The summed E-state index contributed by atoms with van der Waals surface area (Å²) in [6.45, 7) is 5.13. The van der Waals surface area contributed by atoms with Crippen molar-refractivity contribution in [2.24, 2.45) is 0 Å². The molecule has 20 heavy (non-hydrogen) atoms. The van der Waals surface area contributed by atoms with E-state index in [1.165, 1.54) is 0 Å². The molecule has 2 heterocycles. The van der Waals surface area contributed by atoms with Crippen LogP contribution < -0.4 is 5.32 Å². The molecule has 1 aromatic heterocycles. The molecule has 8 nitrogen and oxygen atoms in total. The zero-order chi connectivity index (χ0) is 14.9. The molecule has 2 rings (SSSR count). The van der Waals surface area contributed by atoms with Gasteiger partial charge in [0.1, 0.15) is 6.10 Å². The third kappa shape index (κ3) is 2.96. The first-order chi connectivity index (χ1) is 9.29. The van der Waals surface area contributed by atoms with E-state index < -0.39 is 23.7 Å². The highest BCUT2D eigenvalue weighted by Gasteiger charge is 2.37. The third-order valence-corrected chi connectivity index (χ3v) is 3.11. The van der Waals surface area contributed by atoms with E-state index in [0.717, 1.165) is 0 Å². The number of ether oxygens (including phenoxy) is 1. The van der Waals surface area contributed by atoms with Crippen molar-refractivity contribution in [2.45, 2.75) is 51.4 Å². The van der Waals surface area contributed by atoms with Crippen LogP contribution in [0.25, 0.3) is 0 Å². The number of carboxylic acids is 1. The molecule has 0 spiro atoms. The van der Waals surface area contributed by atoms with E-state index in [2.05, 4.69) is 15.5 Å². The van der Waals surface area contributed by atoms with Gasteiger partial charge in [-0.1, -0.05) is 5.16 Å². The number of carboxylic acid groups (broad SMARTS) is 1. The van der Waals surface area contributed by atoms with Crippen LogP contribution >= 0.6 is 0 Å². The fourth-order valence-corrected chi connectivity index (χ4v) is 2.01. The molecular weight excluding hydrogens is 266 g/mol. The maximum absolute atomic E-state index is 12.1. The fourth-order valence-electron chi connectivity index (χ4n) is 2.01. The number of rotatable bonds is 4. The van der Waals surface area contributed by atoms with Gasteiger partial charge in [-0.25, -0.2) is 4.79 Å². The van der Waals surface area contributed by atoms with Gasteiger partial charge in [-0.05, 0) is 26.7 Å². The number of amides is 1. The van der Waals surface area contributed by atoms with Crippen molar-refractivity contribution in [1.82, 2.24) is 15.5 Å². The van der Waals surface area contributed by atoms with Crippen LogP contribution in [0.5, 0.6) is 0 Å². The highest BCUT2D eigenvalue weighted by molar-refractivity contribution is 5.83. The first-order valence-electron chi connectivity index (χ1n) is 6.30. The first kappa shape index (κ1) is 14.4. The molecule has 0 radical (unpaired) electrons. The van der Waals surface area contributed by atoms with Crippen LogP contribution in [0.2, 0.25) is 0 Å². The molecule has 0 saturated carbocycles. The number of hydrogen-bond donors (Lipinski definition) is 2. The lowest BCUT2D eigenvalue weighted by molar-refractivity contribution is -0.152. The molecule has 0 bridgehead atoms. The molecule has 110 valence electrons. The van der Waals surface area contributed by atoms with E-state index in [1.807, 2.05) is 0 Å². The second-order valence-corrected chi connectivity index (χ2v) is 5.28. The maximum Gasteiger partial charge on any atom is 0.332 e. The number of nitrogens with zero attached hydrogens (tertiary/aromatic N) is 2. The summed E-state index contributed by atoms with van der Waals surface area (Å²) in [6.07, 6.45) is -0.969. The summed E-state index contributed by atoms with van der Waals surface area (Å²) in [6, 6.07) is 0. The van der Waals surface area contributed by atoms with Crippen LogP contribution in [0.4, 0.5) is 0 Å². The predicted molar refractivity (Wildman–Crippen MR) is 65.7 cm³/mol. The molecule has 0 aromatic carbocycles. The largest absolute Gasteiger partial charge is 0.479 e. The van der Waals surface area contributed by atoms with Gasteiger partial charge in [0.15, 0.2) is 11.9 Å². The molecule has 1 aromatic rings. The average Bonchev–Trinajstić information content (AvgIpc) is 2.96. The number of carbonyl (C=O) groups is 2. The standard InChI is InChI=1S/C12H17N3O5/c1-6-13-11(15-20-6)12(2,3)14-9(16)7-4-5-8(19-7)10(17)18/h7-8H,4-5H2,1-3H3,(H,14,16)(H,17,18)/t7-,8+/m0/s1. The highest BCUT2D eigenvalue weighted by atomic mass is 16.5. The van der Waals surface area contributed by atoms with Gasteiger partial charge in [-0.3, -0.25) is 4.79 Å². The zero-order valence-corrected chi connectivity index (χ0v) is 11.5. The van der Waals surface area contributed by atoms with Crippen molar-refractivity contribution in [3.05, 3.63) is 11.7 Å². The Bertz CT molecular complexity index is 525. The molecule has 2 N–H and O–H groups in total. The van der Waals surface area contributed by atoms with Crippen LogP contribution in [0.3, 0.4) is 0 Å². The predicted octanol–water partition coefficient (Wildman–Crippen LogP) is 0.362. The third-order valence-electron chi connectivity index (χ3n) is 3.11. The molecule has 0 unspecified atom stereocenters. The van der Waals surface area contributed by atoms with Gasteiger partial charge in [0.25, 0.3) is 0 Å².